The number of rotatable bonds is 3. The Kier molecular flexibility index (Phi) is 4.22. The second kappa shape index (κ2) is 5.03. The molecule has 0 N–H and O–H groups in total. The Bertz CT molecular complexity index is 382. The highest BCUT2D eigenvalue weighted by Crippen LogP contribution is 2.33. The van der Waals surface area contributed by atoms with Crippen molar-refractivity contribution in [3.8, 4) is 0 Å². The number of alkyl halides is 3. The van der Waals surface area contributed by atoms with E-state index in [0.717, 1.165) is 0 Å². The van der Waals surface area contributed by atoms with E-state index in [9.17, 15) is 13.6 Å². The highest BCUT2D eigenvalue weighted by atomic mass is 79.9. The van der Waals surface area contributed by atoms with Crippen molar-refractivity contribution in [2.24, 2.45) is 0 Å². The van der Waals surface area contributed by atoms with Crippen LogP contribution in [0.3, 0.4) is 0 Å². The largest absolute Gasteiger partial charge is 0.298 e. The summed E-state index contributed by atoms with van der Waals surface area (Å²) in [7, 11) is 0. The van der Waals surface area contributed by atoms with Crippen molar-refractivity contribution in [2.45, 2.75) is 18.7 Å². The van der Waals surface area contributed by atoms with Crippen LogP contribution < -0.4 is 0 Å². The SMILES string of the molecule is CC(=O)C(Cl)c1cc(Br)ccc1C(F)F. The predicted molar refractivity (Wildman–Crippen MR) is 58.4 cm³/mol. The minimum Gasteiger partial charge on any atom is -0.298 e. The highest BCUT2D eigenvalue weighted by Gasteiger charge is 2.21. The minimum atomic E-state index is -2.63. The third-order valence-corrected chi connectivity index (χ3v) is 2.95. The molecule has 0 fully saturated rings. The summed E-state index contributed by atoms with van der Waals surface area (Å²) < 4.78 is 25.8. The van der Waals surface area contributed by atoms with Crippen LogP contribution in [0.25, 0.3) is 0 Å². The first kappa shape index (κ1) is 12.6. The molecule has 15 heavy (non-hydrogen) atoms. The van der Waals surface area contributed by atoms with E-state index in [0.29, 0.717) is 4.47 Å². The molecule has 1 nitrogen and oxygen atoms in total. The Morgan fingerprint density at radius 2 is 2.00 bits per heavy atom. The predicted octanol–water partition coefficient (Wildman–Crippen LogP) is 4.26. The molecule has 0 radical (unpaired) electrons. The minimum absolute atomic E-state index is 0.161. The van der Waals surface area contributed by atoms with Crippen LogP contribution in [0.5, 0.6) is 0 Å². The summed E-state index contributed by atoms with van der Waals surface area (Å²) in [4.78, 5) is 11.0. The van der Waals surface area contributed by atoms with Crippen LogP contribution in [0.15, 0.2) is 22.7 Å². The number of hydrogen-bond donors (Lipinski definition) is 0. The highest BCUT2D eigenvalue weighted by molar-refractivity contribution is 9.10. The maximum Gasteiger partial charge on any atom is 0.264 e. The Morgan fingerprint density at radius 1 is 1.40 bits per heavy atom. The van der Waals surface area contributed by atoms with Crippen molar-refractivity contribution in [1.29, 1.82) is 0 Å². The van der Waals surface area contributed by atoms with Crippen LogP contribution in [0, 0.1) is 0 Å². The van der Waals surface area contributed by atoms with Crippen LogP contribution in [0.1, 0.15) is 29.9 Å². The van der Waals surface area contributed by atoms with Gasteiger partial charge in [0.25, 0.3) is 6.43 Å². The molecule has 0 aliphatic rings. The second-order valence-electron chi connectivity index (χ2n) is 3.05. The molecule has 1 unspecified atom stereocenters. The van der Waals surface area contributed by atoms with Gasteiger partial charge in [-0.3, -0.25) is 4.79 Å². The Hall–Kier alpha value is -0.480. The van der Waals surface area contributed by atoms with Gasteiger partial charge in [-0.05, 0) is 24.6 Å². The first-order valence-electron chi connectivity index (χ1n) is 4.15. The van der Waals surface area contributed by atoms with Crippen LogP contribution in [0.2, 0.25) is 0 Å². The van der Waals surface area contributed by atoms with Crippen LogP contribution in [-0.2, 0) is 4.79 Å². The Morgan fingerprint density at radius 3 is 2.47 bits per heavy atom. The zero-order valence-corrected chi connectivity index (χ0v) is 10.1. The summed E-state index contributed by atoms with van der Waals surface area (Å²) in [6, 6.07) is 4.21. The summed E-state index contributed by atoms with van der Waals surface area (Å²) in [5, 5.41) is -1.02. The summed E-state index contributed by atoms with van der Waals surface area (Å²) >= 11 is 8.91. The van der Waals surface area contributed by atoms with Gasteiger partial charge < -0.3 is 0 Å². The average molecular weight is 298 g/mol. The second-order valence-corrected chi connectivity index (χ2v) is 4.40. The first-order chi connectivity index (χ1) is 6.93. The Balaban J connectivity index is 3.24. The monoisotopic (exact) mass is 296 g/mol. The fourth-order valence-corrected chi connectivity index (χ4v) is 1.75. The number of carbonyl (C=O) groups excluding carboxylic acids is 1. The standard InChI is InChI=1S/C10H8BrClF2O/c1-5(15)9(12)8-4-6(11)2-3-7(8)10(13)14/h2-4,9-10H,1H3. The maximum atomic E-state index is 12.6. The number of halogens is 4. The third-order valence-electron chi connectivity index (χ3n) is 1.91. The number of hydrogen-bond acceptors (Lipinski definition) is 1. The van der Waals surface area contributed by atoms with E-state index in [1.807, 2.05) is 0 Å². The van der Waals surface area contributed by atoms with Crippen molar-refractivity contribution >= 4 is 33.3 Å². The van der Waals surface area contributed by atoms with E-state index in [4.69, 9.17) is 11.6 Å². The van der Waals surface area contributed by atoms with Gasteiger partial charge in [-0.25, -0.2) is 8.78 Å². The normalized spacial score (nSPS) is 12.9. The molecule has 0 bridgehead atoms. The van der Waals surface area contributed by atoms with Gasteiger partial charge in [-0.15, -0.1) is 11.6 Å². The lowest BCUT2D eigenvalue weighted by atomic mass is 10.0. The lowest BCUT2D eigenvalue weighted by Crippen LogP contribution is -2.05. The van der Waals surface area contributed by atoms with E-state index in [2.05, 4.69) is 15.9 Å². The lowest BCUT2D eigenvalue weighted by Gasteiger charge is -2.12. The molecule has 0 aromatic heterocycles. The molecule has 0 aliphatic heterocycles. The number of benzene rings is 1. The lowest BCUT2D eigenvalue weighted by molar-refractivity contribution is -0.116. The quantitative estimate of drug-likeness (QED) is 0.762. The van der Waals surface area contributed by atoms with E-state index in [1.54, 1.807) is 0 Å². The third kappa shape index (κ3) is 2.98. The molecule has 1 aromatic rings. The van der Waals surface area contributed by atoms with Crippen molar-refractivity contribution in [3.05, 3.63) is 33.8 Å². The van der Waals surface area contributed by atoms with Gasteiger partial charge in [0.2, 0.25) is 0 Å². The first-order valence-corrected chi connectivity index (χ1v) is 5.38. The molecule has 0 saturated carbocycles. The Labute approximate surface area is 99.6 Å². The van der Waals surface area contributed by atoms with E-state index < -0.39 is 11.8 Å². The molecule has 0 spiro atoms. The van der Waals surface area contributed by atoms with Gasteiger partial charge >= 0.3 is 0 Å². The maximum absolute atomic E-state index is 12.6. The number of Topliss-reactive ketones (excluding diaryl/α,β-unsaturated/α-hetero) is 1. The fourth-order valence-electron chi connectivity index (χ4n) is 1.18. The average Bonchev–Trinajstić information content (AvgIpc) is 2.15. The van der Waals surface area contributed by atoms with Gasteiger partial charge in [0.1, 0.15) is 5.38 Å². The topological polar surface area (TPSA) is 17.1 Å². The molecular weight excluding hydrogens is 289 g/mol. The van der Waals surface area contributed by atoms with Crippen LogP contribution in [-0.4, -0.2) is 5.78 Å². The molecule has 0 amide bonds. The molecule has 1 rings (SSSR count). The molecule has 1 atom stereocenters. The molecule has 0 heterocycles. The van der Waals surface area contributed by atoms with Gasteiger partial charge in [0, 0.05) is 10.0 Å². The fraction of sp³-hybridized carbons (Fsp3) is 0.300. The summed E-state index contributed by atoms with van der Waals surface area (Å²) in [5.74, 6) is -0.350. The zero-order valence-electron chi connectivity index (χ0n) is 7.81. The molecule has 5 heteroatoms. The molecule has 0 saturated heterocycles. The van der Waals surface area contributed by atoms with Crippen LogP contribution in [0.4, 0.5) is 8.78 Å². The van der Waals surface area contributed by atoms with Gasteiger partial charge in [0.15, 0.2) is 5.78 Å². The zero-order chi connectivity index (χ0) is 11.6. The smallest absolute Gasteiger partial charge is 0.264 e. The summed E-state index contributed by atoms with van der Waals surface area (Å²) in [5.41, 5.74) is -0.0399. The van der Waals surface area contributed by atoms with E-state index in [1.165, 1.54) is 25.1 Å². The van der Waals surface area contributed by atoms with Crippen molar-refractivity contribution in [2.75, 3.05) is 0 Å². The van der Waals surface area contributed by atoms with Crippen molar-refractivity contribution in [3.63, 3.8) is 0 Å². The van der Waals surface area contributed by atoms with Crippen molar-refractivity contribution in [1.82, 2.24) is 0 Å². The van der Waals surface area contributed by atoms with Gasteiger partial charge in [-0.1, -0.05) is 22.0 Å². The van der Waals surface area contributed by atoms with Crippen LogP contribution >= 0.6 is 27.5 Å². The molecule has 82 valence electrons. The van der Waals surface area contributed by atoms with Gasteiger partial charge in [0.05, 0.1) is 0 Å². The molecular formula is C10H8BrClF2O. The van der Waals surface area contributed by atoms with Gasteiger partial charge in [-0.2, -0.15) is 0 Å². The number of carbonyl (C=O) groups is 1. The number of ketones is 1. The van der Waals surface area contributed by atoms with E-state index >= 15 is 0 Å². The summed E-state index contributed by atoms with van der Waals surface area (Å²) in [6.45, 7) is 1.27. The van der Waals surface area contributed by atoms with Crippen molar-refractivity contribution < 1.29 is 13.6 Å². The molecule has 0 aliphatic carbocycles. The van der Waals surface area contributed by atoms with E-state index in [-0.39, 0.29) is 16.9 Å². The molecule has 1 aromatic carbocycles. The summed E-state index contributed by atoms with van der Waals surface area (Å²) in [6.07, 6.45) is -2.63.